The smallest absolute Gasteiger partial charge is 0.255 e. The van der Waals surface area contributed by atoms with Gasteiger partial charge in [-0.2, -0.15) is 0 Å². The van der Waals surface area contributed by atoms with Crippen molar-refractivity contribution in [3.05, 3.63) is 42.7 Å². The van der Waals surface area contributed by atoms with E-state index >= 15 is 0 Å². The summed E-state index contributed by atoms with van der Waals surface area (Å²) in [4.78, 5) is 16.0. The fourth-order valence-corrected chi connectivity index (χ4v) is 2.53. The number of aromatic nitrogens is 4. The lowest BCUT2D eigenvalue weighted by molar-refractivity contribution is -0.113. The van der Waals surface area contributed by atoms with Crippen LogP contribution in [0.3, 0.4) is 0 Å². The average molecular weight is 315 g/mol. The second-order valence-corrected chi connectivity index (χ2v) is 5.28. The van der Waals surface area contributed by atoms with Crippen LogP contribution in [0.1, 0.15) is 0 Å². The van der Waals surface area contributed by atoms with Gasteiger partial charge in [0.2, 0.25) is 5.91 Å². The Labute approximate surface area is 130 Å². The van der Waals surface area contributed by atoms with E-state index in [2.05, 4.69) is 20.5 Å². The highest BCUT2D eigenvalue weighted by Gasteiger charge is 2.09. The van der Waals surface area contributed by atoms with Gasteiger partial charge in [0.1, 0.15) is 5.75 Å². The van der Waals surface area contributed by atoms with Crippen molar-refractivity contribution in [2.75, 3.05) is 18.2 Å². The van der Waals surface area contributed by atoms with Gasteiger partial charge >= 0.3 is 0 Å². The summed E-state index contributed by atoms with van der Waals surface area (Å²) in [6.45, 7) is 0. The van der Waals surface area contributed by atoms with Crippen LogP contribution in [0.2, 0.25) is 0 Å². The molecular weight excluding hydrogens is 302 g/mol. The largest absolute Gasteiger partial charge is 0.497 e. The number of hydrogen-bond acceptors (Lipinski definition) is 6. The van der Waals surface area contributed by atoms with E-state index in [9.17, 15) is 4.79 Å². The van der Waals surface area contributed by atoms with E-state index in [0.717, 1.165) is 11.4 Å². The van der Waals surface area contributed by atoms with Gasteiger partial charge in [-0.05, 0) is 30.3 Å². The number of methoxy groups -OCH3 is 1. The van der Waals surface area contributed by atoms with Gasteiger partial charge in [0.15, 0.2) is 5.16 Å². The van der Waals surface area contributed by atoms with Crippen LogP contribution >= 0.6 is 11.8 Å². The SMILES string of the molecule is COc1ccc(NC(=O)CSc2nnc3ncccn23)cc1. The topological polar surface area (TPSA) is 81.4 Å². The third-order valence-corrected chi connectivity index (χ3v) is 3.81. The number of thioether (sulfide) groups is 1. The highest BCUT2D eigenvalue weighted by molar-refractivity contribution is 7.99. The van der Waals surface area contributed by atoms with Crippen LogP contribution in [-0.2, 0) is 4.79 Å². The van der Waals surface area contributed by atoms with Crippen molar-refractivity contribution in [1.29, 1.82) is 0 Å². The maximum atomic E-state index is 12.0. The molecule has 0 aliphatic carbocycles. The van der Waals surface area contributed by atoms with Gasteiger partial charge in [-0.15, -0.1) is 10.2 Å². The summed E-state index contributed by atoms with van der Waals surface area (Å²) in [6, 6.07) is 8.95. The first kappa shape index (κ1) is 14.3. The van der Waals surface area contributed by atoms with Gasteiger partial charge in [0.25, 0.3) is 5.78 Å². The normalized spacial score (nSPS) is 10.6. The van der Waals surface area contributed by atoms with E-state index in [1.54, 1.807) is 48.0 Å². The zero-order valence-corrected chi connectivity index (χ0v) is 12.6. The van der Waals surface area contributed by atoms with Crippen LogP contribution in [0.5, 0.6) is 5.75 Å². The van der Waals surface area contributed by atoms with Crippen LogP contribution in [0.25, 0.3) is 5.78 Å². The predicted molar refractivity (Wildman–Crippen MR) is 83.1 cm³/mol. The lowest BCUT2D eigenvalue weighted by atomic mass is 10.3. The van der Waals surface area contributed by atoms with Crippen molar-refractivity contribution in [2.45, 2.75) is 5.16 Å². The third-order valence-electron chi connectivity index (χ3n) is 2.86. The van der Waals surface area contributed by atoms with Gasteiger partial charge in [-0.25, -0.2) is 4.98 Å². The number of ether oxygens (including phenoxy) is 1. The monoisotopic (exact) mass is 315 g/mol. The molecule has 0 aliphatic heterocycles. The molecule has 2 aromatic heterocycles. The molecule has 7 nitrogen and oxygen atoms in total. The van der Waals surface area contributed by atoms with Crippen molar-refractivity contribution < 1.29 is 9.53 Å². The Hall–Kier alpha value is -2.61. The zero-order chi connectivity index (χ0) is 15.4. The summed E-state index contributed by atoms with van der Waals surface area (Å²) in [5.74, 6) is 1.38. The fourth-order valence-electron chi connectivity index (χ4n) is 1.82. The minimum absolute atomic E-state index is 0.115. The summed E-state index contributed by atoms with van der Waals surface area (Å²) in [5.41, 5.74) is 0.721. The van der Waals surface area contributed by atoms with Crippen molar-refractivity contribution in [3.63, 3.8) is 0 Å². The number of rotatable bonds is 5. The molecule has 3 rings (SSSR count). The molecule has 0 fully saturated rings. The number of fused-ring (bicyclic) bond motifs is 1. The molecule has 1 aromatic carbocycles. The molecule has 0 saturated heterocycles. The van der Waals surface area contributed by atoms with Crippen molar-refractivity contribution in [3.8, 4) is 5.75 Å². The van der Waals surface area contributed by atoms with E-state index in [1.165, 1.54) is 11.8 Å². The summed E-state index contributed by atoms with van der Waals surface area (Å²) < 4.78 is 6.81. The maximum absolute atomic E-state index is 12.0. The van der Waals surface area contributed by atoms with Gasteiger partial charge < -0.3 is 10.1 Å². The van der Waals surface area contributed by atoms with Crippen LogP contribution in [0.4, 0.5) is 5.69 Å². The summed E-state index contributed by atoms with van der Waals surface area (Å²) in [7, 11) is 1.60. The molecule has 22 heavy (non-hydrogen) atoms. The lowest BCUT2D eigenvalue weighted by Crippen LogP contribution is -2.14. The number of carbonyl (C=O) groups is 1. The molecule has 0 atom stereocenters. The second kappa shape index (κ2) is 6.44. The zero-order valence-electron chi connectivity index (χ0n) is 11.8. The number of anilines is 1. The van der Waals surface area contributed by atoms with Gasteiger partial charge in [-0.3, -0.25) is 9.20 Å². The molecule has 0 bridgehead atoms. The van der Waals surface area contributed by atoms with Crippen molar-refractivity contribution in [1.82, 2.24) is 19.6 Å². The van der Waals surface area contributed by atoms with Crippen LogP contribution in [0.15, 0.2) is 47.9 Å². The van der Waals surface area contributed by atoms with Crippen molar-refractivity contribution in [2.24, 2.45) is 0 Å². The lowest BCUT2D eigenvalue weighted by Gasteiger charge is -2.05. The molecular formula is C14H13N5O2S. The first-order valence-electron chi connectivity index (χ1n) is 6.49. The maximum Gasteiger partial charge on any atom is 0.255 e. The molecule has 1 N–H and O–H groups in total. The van der Waals surface area contributed by atoms with E-state index in [0.29, 0.717) is 10.9 Å². The number of hydrogen-bond donors (Lipinski definition) is 1. The van der Waals surface area contributed by atoms with Crippen LogP contribution in [0, 0.1) is 0 Å². The molecule has 0 radical (unpaired) electrons. The van der Waals surface area contributed by atoms with Gasteiger partial charge in [0.05, 0.1) is 12.9 Å². The highest BCUT2D eigenvalue weighted by Crippen LogP contribution is 2.18. The standard InChI is InChI=1S/C14H13N5O2S/c1-21-11-5-3-10(4-6-11)16-12(20)9-22-14-18-17-13-15-7-2-8-19(13)14/h2-8H,9H2,1H3,(H,16,20). The number of carbonyl (C=O) groups excluding carboxylic acids is 1. The summed E-state index contributed by atoms with van der Waals surface area (Å²) in [5, 5.41) is 11.4. The Morgan fingerprint density at radius 3 is 2.91 bits per heavy atom. The molecule has 0 saturated carbocycles. The molecule has 0 aliphatic rings. The second-order valence-electron chi connectivity index (χ2n) is 4.34. The molecule has 0 unspecified atom stereocenters. The average Bonchev–Trinajstić information content (AvgIpc) is 2.97. The first-order valence-corrected chi connectivity index (χ1v) is 7.47. The van der Waals surface area contributed by atoms with Crippen LogP contribution in [-0.4, -0.2) is 38.4 Å². The molecule has 3 aromatic rings. The Morgan fingerprint density at radius 2 is 2.14 bits per heavy atom. The van der Waals surface area contributed by atoms with E-state index in [-0.39, 0.29) is 11.7 Å². The molecule has 1 amide bonds. The Bertz CT molecular complexity index is 787. The van der Waals surface area contributed by atoms with Crippen molar-refractivity contribution >= 4 is 29.1 Å². The molecule has 2 heterocycles. The summed E-state index contributed by atoms with van der Waals surface area (Å²) in [6.07, 6.45) is 3.46. The Kier molecular flexibility index (Phi) is 4.19. The van der Waals surface area contributed by atoms with E-state index in [1.807, 2.05) is 6.20 Å². The number of nitrogens with one attached hydrogen (secondary N) is 1. The Balaban J connectivity index is 1.60. The Morgan fingerprint density at radius 1 is 1.32 bits per heavy atom. The van der Waals surface area contributed by atoms with E-state index < -0.39 is 0 Å². The molecule has 112 valence electrons. The van der Waals surface area contributed by atoms with Crippen LogP contribution < -0.4 is 10.1 Å². The molecule has 0 spiro atoms. The van der Waals surface area contributed by atoms with Gasteiger partial charge in [0, 0.05) is 18.1 Å². The molecule has 8 heteroatoms. The van der Waals surface area contributed by atoms with E-state index in [4.69, 9.17) is 4.74 Å². The number of benzene rings is 1. The minimum Gasteiger partial charge on any atom is -0.497 e. The summed E-state index contributed by atoms with van der Waals surface area (Å²) >= 11 is 1.30. The first-order chi connectivity index (χ1) is 10.8. The highest BCUT2D eigenvalue weighted by atomic mass is 32.2. The number of amides is 1. The minimum atomic E-state index is -0.115. The predicted octanol–water partition coefficient (Wildman–Crippen LogP) is 1.86. The fraction of sp³-hybridized carbons (Fsp3) is 0.143. The number of nitrogens with zero attached hydrogens (tertiary/aromatic N) is 4. The van der Waals surface area contributed by atoms with Gasteiger partial charge in [-0.1, -0.05) is 11.8 Å². The third kappa shape index (κ3) is 3.17. The quantitative estimate of drug-likeness (QED) is 0.724.